The molecular formula is C20H27N5O. The van der Waals surface area contributed by atoms with E-state index in [2.05, 4.69) is 46.9 Å². The summed E-state index contributed by atoms with van der Waals surface area (Å²) >= 11 is 0. The number of benzene rings is 1. The maximum atomic E-state index is 11.8. The third-order valence-corrected chi connectivity index (χ3v) is 4.44. The van der Waals surface area contributed by atoms with E-state index in [0.29, 0.717) is 19.5 Å². The first-order valence-electron chi connectivity index (χ1n) is 9.18. The van der Waals surface area contributed by atoms with Crippen LogP contribution >= 0.6 is 0 Å². The monoisotopic (exact) mass is 353 g/mol. The van der Waals surface area contributed by atoms with Crippen LogP contribution in [0.1, 0.15) is 30.9 Å². The van der Waals surface area contributed by atoms with E-state index < -0.39 is 0 Å². The average molecular weight is 353 g/mol. The molecule has 0 unspecified atom stereocenters. The molecule has 1 amide bonds. The van der Waals surface area contributed by atoms with Gasteiger partial charge in [0.15, 0.2) is 5.96 Å². The molecule has 0 radical (unpaired) electrons. The number of carbonyl (C=O) groups excluding carboxylic acids is 1. The Labute approximate surface area is 154 Å². The van der Waals surface area contributed by atoms with Crippen LogP contribution in [0, 0.1) is 0 Å². The topological polar surface area (TPSA) is 61.7 Å². The van der Waals surface area contributed by atoms with Gasteiger partial charge in [0.05, 0.1) is 6.54 Å². The van der Waals surface area contributed by atoms with Crippen LogP contribution in [0.5, 0.6) is 0 Å². The van der Waals surface area contributed by atoms with Gasteiger partial charge in [-0.05, 0) is 42.7 Å². The number of guanidine groups is 1. The number of carbonyl (C=O) groups is 1. The van der Waals surface area contributed by atoms with Crippen molar-refractivity contribution < 1.29 is 4.79 Å². The number of anilines is 1. The molecule has 3 rings (SSSR count). The SMILES string of the molecule is CCNC(=NCc1ccn(C)c1)NCc1ccc(N2CCCC2=O)cc1. The zero-order valence-corrected chi connectivity index (χ0v) is 15.5. The molecule has 0 saturated carbocycles. The van der Waals surface area contributed by atoms with Crippen LogP contribution in [-0.2, 0) is 24.9 Å². The molecule has 2 heterocycles. The lowest BCUT2D eigenvalue weighted by atomic mass is 10.2. The van der Waals surface area contributed by atoms with Gasteiger partial charge >= 0.3 is 0 Å². The number of aryl methyl sites for hydroxylation is 1. The maximum Gasteiger partial charge on any atom is 0.227 e. The Morgan fingerprint density at radius 1 is 1.15 bits per heavy atom. The maximum absolute atomic E-state index is 11.8. The molecular weight excluding hydrogens is 326 g/mol. The number of rotatable bonds is 6. The molecule has 1 saturated heterocycles. The molecule has 1 aromatic carbocycles. The summed E-state index contributed by atoms with van der Waals surface area (Å²) in [6.07, 6.45) is 5.71. The van der Waals surface area contributed by atoms with E-state index in [-0.39, 0.29) is 5.91 Å². The zero-order valence-electron chi connectivity index (χ0n) is 15.5. The Balaban J connectivity index is 1.57. The van der Waals surface area contributed by atoms with Gasteiger partial charge in [0.25, 0.3) is 0 Å². The summed E-state index contributed by atoms with van der Waals surface area (Å²) in [5.41, 5.74) is 3.33. The number of amides is 1. The van der Waals surface area contributed by atoms with Gasteiger partial charge < -0.3 is 20.1 Å². The second kappa shape index (κ2) is 8.56. The molecule has 138 valence electrons. The lowest BCUT2D eigenvalue weighted by molar-refractivity contribution is -0.117. The summed E-state index contributed by atoms with van der Waals surface area (Å²) in [7, 11) is 2.01. The highest BCUT2D eigenvalue weighted by Crippen LogP contribution is 2.21. The van der Waals surface area contributed by atoms with Crippen LogP contribution < -0.4 is 15.5 Å². The first-order valence-corrected chi connectivity index (χ1v) is 9.18. The summed E-state index contributed by atoms with van der Waals surface area (Å²) < 4.78 is 2.03. The number of hydrogen-bond acceptors (Lipinski definition) is 2. The van der Waals surface area contributed by atoms with Gasteiger partial charge in [-0.1, -0.05) is 12.1 Å². The van der Waals surface area contributed by atoms with Gasteiger partial charge in [-0.2, -0.15) is 0 Å². The number of nitrogens with zero attached hydrogens (tertiary/aromatic N) is 3. The zero-order chi connectivity index (χ0) is 18.4. The van der Waals surface area contributed by atoms with Crippen LogP contribution in [0.4, 0.5) is 5.69 Å². The van der Waals surface area contributed by atoms with E-state index in [1.165, 1.54) is 5.56 Å². The van der Waals surface area contributed by atoms with Crippen molar-refractivity contribution in [2.45, 2.75) is 32.9 Å². The number of nitrogens with one attached hydrogen (secondary N) is 2. The third-order valence-electron chi connectivity index (χ3n) is 4.44. The van der Waals surface area contributed by atoms with Gasteiger partial charge in [-0.15, -0.1) is 0 Å². The number of aliphatic imine (C=N–C) groups is 1. The highest BCUT2D eigenvalue weighted by atomic mass is 16.2. The lowest BCUT2D eigenvalue weighted by Gasteiger charge is -2.16. The molecule has 2 N–H and O–H groups in total. The number of hydrogen-bond donors (Lipinski definition) is 2. The molecule has 1 aromatic heterocycles. The summed E-state index contributed by atoms with van der Waals surface area (Å²) in [6.45, 7) is 5.03. The minimum absolute atomic E-state index is 0.221. The van der Waals surface area contributed by atoms with Crippen molar-refractivity contribution in [1.82, 2.24) is 15.2 Å². The molecule has 0 atom stereocenters. The normalized spacial score (nSPS) is 14.8. The van der Waals surface area contributed by atoms with Crippen molar-refractivity contribution in [2.75, 3.05) is 18.0 Å². The lowest BCUT2D eigenvalue weighted by Crippen LogP contribution is -2.36. The fraction of sp³-hybridized carbons (Fsp3) is 0.400. The standard InChI is InChI=1S/C20H27N5O/c1-3-21-20(23-14-17-10-12-24(2)15-17)22-13-16-6-8-18(9-7-16)25-11-4-5-19(25)26/h6-10,12,15H,3-5,11,13-14H2,1-2H3,(H2,21,22,23). The minimum atomic E-state index is 0.221. The molecule has 0 bridgehead atoms. The van der Waals surface area contributed by atoms with Crippen molar-refractivity contribution in [3.8, 4) is 0 Å². The Bertz CT molecular complexity index is 763. The van der Waals surface area contributed by atoms with Crippen LogP contribution in [0.25, 0.3) is 0 Å². The van der Waals surface area contributed by atoms with Gasteiger partial charge in [0, 0.05) is 51.2 Å². The second-order valence-electron chi connectivity index (χ2n) is 6.55. The van der Waals surface area contributed by atoms with E-state index in [1.54, 1.807) is 0 Å². The van der Waals surface area contributed by atoms with Crippen molar-refractivity contribution in [3.63, 3.8) is 0 Å². The highest BCUT2D eigenvalue weighted by Gasteiger charge is 2.21. The predicted molar refractivity (Wildman–Crippen MR) is 105 cm³/mol. The molecule has 1 fully saturated rings. The van der Waals surface area contributed by atoms with E-state index in [1.807, 2.05) is 34.8 Å². The van der Waals surface area contributed by atoms with E-state index >= 15 is 0 Å². The fourth-order valence-corrected chi connectivity index (χ4v) is 3.07. The molecule has 6 heteroatoms. The van der Waals surface area contributed by atoms with Gasteiger partial charge in [0.2, 0.25) is 5.91 Å². The van der Waals surface area contributed by atoms with Gasteiger partial charge in [0.1, 0.15) is 0 Å². The van der Waals surface area contributed by atoms with Crippen molar-refractivity contribution in [3.05, 3.63) is 53.9 Å². The van der Waals surface area contributed by atoms with Crippen LogP contribution in [-0.4, -0.2) is 29.5 Å². The summed E-state index contributed by atoms with van der Waals surface area (Å²) in [5, 5.41) is 6.63. The van der Waals surface area contributed by atoms with E-state index in [4.69, 9.17) is 0 Å². The van der Waals surface area contributed by atoms with Crippen molar-refractivity contribution in [1.29, 1.82) is 0 Å². The third kappa shape index (κ3) is 4.65. The van der Waals surface area contributed by atoms with Crippen LogP contribution in [0.15, 0.2) is 47.7 Å². The average Bonchev–Trinajstić information content (AvgIpc) is 3.26. The highest BCUT2D eigenvalue weighted by molar-refractivity contribution is 5.95. The fourth-order valence-electron chi connectivity index (χ4n) is 3.07. The second-order valence-corrected chi connectivity index (χ2v) is 6.55. The van der Waals surface area contributed by atoms with Gasteiger partial charge in [-0.3, -0.25) is 4.79 Å². The van der Waals surface area contributed by atoms with Gasteiger partial charge in [-0.25, -0.2) is 4.99 Å². The quantitative estimate of drug-likeness (QED) is 0.619. The Morgan fingerprint density at radius 2 is 1.96 bits per heavy atom. The Morgan fingerprint density at radius 3 is 2.58 bits per heavy atom. The first-order chi connectivity index (χ1) is 12.7. The van der Waals surface area contributed by atoms with E-state index in [0.717, 1.165) is 36.7 Å². The minimum Gasteiger partial charge on any atom is -0.357 e. The Kier molecular flexibility index (Phi) is 5.94. The molecule has 0 aliphatic carbocycles. The first kappa shape index (κ1) is 18.0. The number of aromatic nitrogens is 1. The molecule has 6 nitrogen and oxygen atoms in total. The molecule has 2 aromatic rings. The summed E-state index contributed by atoms with van der Waals surface area (Å²) in [5.74, 6) is 1.02. The molecule has 1 aliphatic rings. The largest absolute Gasteiger partial charge is 0.357 e. The van der Waals surface area contributed by atoms with Crippen molar-refractivity contribution >= 4 is 17.6 Å². The summed E-state index contributed by atoms with van der Waals surface area (Å²) in [6, 6.07) is 10.2. The van der Waals surface area contributed by atoms with Crippen molar-refractivity contribution in [2.24, 2.45) is 12.0 Å². The molecule has 26 heavy (non-hydrogen) atoms. The summed E-state index contributed by atoms with van der Waals surface area (Å²) in [4.78, 5) is 18.3. The van der Waals surface area contributed by atoms with E-state index in [9.17, 15) is 4.79 Å². The predicted octanol–water partition coefficient (Wildman–Crippen LogP) is 2.41. The molecule has 1 aliphatic heterocycles. The molecule has 0 spiro atoms. The smallest absolute Gasteiger partial charge is 0.227 e. The van der Waals surface area contributed by atoms with Crippen LogP contribution in [0.2, 0.25) is 0 Å². The Hall–Kier alpha value is -2.76. The van der Waals surface area contributed by atoms with Crippen LogP contribution in [0.3, 0.4) is 0 Å².